The molecule has 116 valence electrons. The van der Waals surface area contributed by atoms with E-state index in [-0.39, 0.29) is 23.6 Å². The second kappa shape index (κ2) is 5.72. The van der Waals surface area contributed by atoms with E-state index in [0.29, 0.717) is 11.3 Å². The number of rotatable bonds is 6. The Kier molecular flexibility index (Phi) is 4.33. The third-order valence-corrected chi connectivity index (χ3v) is 5.22. The van der Waals surface area contributed by atoms with Crippen LogP contribution < -0.4 is 10.0 Å². The number of aliphatic hydroxyl groups excluding tert-OH is 2. The fraction of sp³-hybridized carbons (Fsp3) is 0.462. The van der Waals surface area contributed by atoms with E-state index in [9.17, 15) is 23.4 Å². The third-order valence-electron chi connectivity index (χ3n) is 3.65. The highest BCUT2D eigenvalue weighted by Crippen LogP contribution is 2.26. The molecule has 1 heterocycles. The lowest BCUT2D eigenvalue weighted by molar-refractivity contribution is -0.115. The molecular formula is C13H18N2O5S. The standard InChI is InChI=1S/C13H18N2O5S/c1-2-13(7-16,8-17)15-21(19,20)10-3-4-11-9(5-10)6-12(18)14-11/h3-5,15-17H,2,6-8H2,1H3,(H,14,18). The van der Waals surface area contributed by atoms with Crippen molar-refractivity contribution < 1.29 is 23.4 Å². The summed E-state index contributed by atoms with van der Waals surface area (Å²) < 4.78 is 27.1. The zero-order chi connectivity index (χ0) is 15.7. The lowest BCUT2D eigenvalue weighted by Gasteiger charge is -2.29. The Morgan fingerprint density at radius 1 is 1.33 bits per heavy atom. The fourth-order valence-corrected chi connectivity index (χ4v) is 3.63. The molecule has 1 amide bonds. The van der Waals surface area contributed by atoms with Gasteiger partial charge in [0.2, 0.25) is 15.9 Å². The Labute approximate surface area is 123 Å². The molecule has 0 aliphatic carbocycles. The van der Waals surface area contributed by atoms with E-state index in [0.717, 1.165) is 0 Å². The van der Waals surface area contributed by atoms with Crippen LogP contribution in [0.15, 0.2) is 23.1 Å². The van der Waals surface area contributed by atoms with Crippen molar-refractivity contribution in [2.24, 2.45) is 0 Å². The summed E-state index contributed by atoms with van der Waals surface area (Å²) in [5.74, 6) is -0.180. The molecule has 1 aromatic carbocycles. The Bertz CT molecular complexity index is 644. The molecule has 0 saturated heterocycles. The normalized spacial score (nSPS) is 14.9. The molecule has 0 aromatic heterocycles. The van der Waals surface area contributed by atoms with Gasteiger partial charge in [-0.2, -0.15) is 0 Å². The van der Waals surface area contributed by atoms with E-state index in [1.54, 1.807) is 6.92 Å². The highest BCUT2D eigenvalue weighted by Gasteiger charge is 2.33. The van der Waals surface area contributed by atoms with Crippen LogP contribution in [-0.2, 0) is 21.2 Å². The molecule has 4 N–H and O–H groups in total. The number of hydrogen-bond donors (Lipinski definition) is 4. The molecule has 1 aliphatic rings. The van der Waals surface area contributed by atoms with Crippen molar-refractivity contribution in [2.45, 2.75) is 30.2 Å². The van der Waals surface area contributed by atoms with Crippen LogP contribution in [0.2, 0.25) is 0 Å². The van der Waals surface area contributed by atoms with Crippen molar-refractivity contribution in [3.63, 3.8) is 0 Å². The largest absolute Gasteiger partial charge is 0.394 e. The second-order valence-electron chi connectivity index (χ2n) is 5.10. The zero-order valence-corrected chi connectivity index (χ0v) is 12.4. The van der Waals surface area contributed by atoms with Gasteiger partial charge < -0.3 is 15.5 Å². The summed E-state index contributed by atoms with van der Waals surface area (Å²) in [6.07, 6.45) is 0.377. The van der Waals surface area contributed by atoms with E-state index in [4.69, 9.17) is 0 Å². The minimum absolute atomic E-state index is 0.00234. The molecule has 7 nitrogen and oxygen atoms in total. The molecule has 1 aliphatic heterocycles. The molecule has 8 heteroatoms. The SMILES string of the molecule is CCC(CO)(CO)NS(=O)(=O)c1ccc2c(c1)CC(=O)N2. The van der Waals surface area contributed by atoms with Crippen molar-refractivity contribution >= 4 is 21.6 Å². The highest BCUT2D eigenvalue weighted by atomic mass is 32.2. The number of nitrogens with one attached hydrogen (secondary N) is 2. The number of amides is 1. The number of carbonyl (C=O) groups is 1. The molecule has 0 spiro atoms. The van der Waals surface area contributed by atoms with Gasteiger partial charge in [0.05, 0.1) is 30.1 Å². The predicted octanol–water partition coefficient (Wildman–Crippen LogP) is -0.407. The first-order chi connectivity index (χ1) is 9.85. The van der Waals surface area contributed by atoms with Gasteiger partial charge in [-0.3, -0.25) is 4.79 Å². The molecule has 2 rings (SSSR count). The maximum Gasteiger partial charge on any atom is 0.241 e. The number of benzene rings is 1. The van der Waals surface area contributed by atoms with Gasteiger partial charge in [0.25, 0.3) is 0 Å². The van der Waals surface area contributed by atoms with Crippen LogP contribution in [0.5, 0.6) is 0 Å². The Balaban J connectivity index is 2.33. The maximum absolute atomic E-state index is 12.4. The van der Waals surface area contributed by atoms with E-state index >= 15 is 0 Å². The molecule has 0 bridgehead atoms. The lowest BCUT2D eigenvalue weighted by atomic mass is 10.0. The van der Waals surface area contributed by atoms with Crippen LogP contribution in [0.4, 0.5) is 5.69 Å². The van der Waals surface area contributed by atoms with Crippen molar-refractivity contribution in [2.75, 3.05) is 18.5 Å². The number of aliphatic hydroxyl groups is 2. The molecule has 0 fully saturated rings. The average Bonchev–Trinajstić information content (AvgIpc) is 2.84. The first kappa shape index (κ1) is 15.9. The molecular weight excluding hydrogens is 296 g/mol. The van der Waals surface area contributed by atoms with Crippen molar-refractivity contribution in [3.05, 3.63) is 23.8 Å². The number of anilines is 1. The van der Waals surface area contributed by atoms with Gasteiger partial charge in [-0.25, -0.2) is 13.1 Å². The third kappa shape index (κ3) is 3.08. The summed E-state index contributed by atoms with van der Waals surface area (Å²) in [5, 5.41) is 21.3. The molecule has 0 saturated carbocycles. The van der Waals surface area contributed by atoms with Gasteiger partial charge >= 0.3 is 0 Å². The monoisotopic (exact) mass is 314 g/mol. The summed E-state index contributed by atoms with van der Waals surface area (Å²) in [7, 11) is -3.90. The van der Waals surface area contributed by atoms with Crippen LogP contribution in [0, 0.1) is 0 Å². The lowest BCUT2D eigenvalue weighted by Crippen LogP contribution is -2.53. The van der Waals surface area contributed by atoms with Crippen LogP contribution in [0.3, 0.4) is 0 Å². The summed E-state index contributed by atoms with van der Waals surface area (Å²) in [5.41, 5.74) is -0.0886. The number of carbonyl (C=O) groups excluding carboxylic acids is 1. The minimum Gasteiger partial charge on any atom is -0.394 e. The predicted molar refractivity (Wildman–Crippen MR) is 76.3 cm³/mol. The molecule has 0 radical (unpaired) electrons. The second-order valence-corrected chi connectivity index (χ2v) is 6.78. The van der Waals surface area contributed by atoms with Gasteiger partial charge in [-0.15, -0.1) is 0 Å². The summed E-state index contributed by atoms with van der Waals surface area (Å²) in [4.78, 5) is 11.3. The number of sulfonamides is 1. The number of hydrogen-bond acceptors (Lipinski definition) is 5. The van der Waals surface area contributed by atoms with Crippen LogP contribution in [0.25, 0.3) is 0 Å². The number of fused-ring (bicyclic) bond motifs is 1. The summed E-state index contributed by atoms with van der Waals surface area (Å²) >= 11 is 0. The average molecular weight is 314 g/mol. The van der Waals surface area contributed by atoms with E-state index in [1.165, 1.54) is 18.2 Å². The molecule has 21 heavy (non-hydrogen) atoms. The first-order valence-corrected chi connectivity index (χ1v) is 8.02. The van der Waals surface area contributed by atoms with Crippen LogP contribution in [-0.4, -0.2) is 43.3 Å². The van der Waals surface area contributed by atoms with Gasteiger partial charge in [0, 0.05) is 5.69 Å². The minimum atomic E-state index is -3.90. The Hall–Kier alpha value is -1.48. The van der Waals surface area contributed by atoms with Gasteiger partial charge in [0.15, 0.2) is 0 Å². The van der Waals surface area contributed by atoms with Crippen molar-refractivity contribution in [1.29, 1.82) is 0 Å². The van der Waals surface area contributed by atoms with E-state index < -0.39 is 28.8 Å². The van der Waals surface area contributed by atoms with Gasteiger partial charge in [-0.1, -0.05) is 6.92 Å². The quantitative estimate of drug-likeness (QED) is 0.570. The van der Waals surface area contributed by atoms with Gasteiger partial charge in [-0.05, 0) is 30.2 Å². The van der Waals surface area contributed by atoms with Crippen molar-refractivity contribution in [3.8, 4) is 0 Å². The van der Waals surface area contributed by atoms with Crippen LogP contribution >= 0.6 is 0 Å². The molecule has 0 atom stereocenters. The van der Waals surface area contributed by atoms with E-state index in [1.807, 2.05) is 0 Å². The highest BCUT2D eigenvalue weighted by molar-refractivity contribution is 7.89. The topological polar surface area (TPSA) is 116 Å². The van der Waals surface area contributed by atoms with E-state index in [2.05, 4.69) is 10.0 Å². The summed E-state index contributed by atoms with van der Waals surface area (Å²) in [6.45, 7) is 0.647. The zero-order valence-electron chi connectivity index (χ0n) is 11.6. The van der Waals surface area contributed by atoms with Crippen molar-refractivity contribution in [1.82, 2.24) is 4.72 Å². The smallest absolute Gasteiger partial charge is 0.241 e. The van der Waals surface area contributed by atoms with Gasteiger partial charge in [0.1, 0.15) is 0 Å². The molecule has 0 unspecified atom stereocenters. The van der Waals surface area contributed by atoms with Crippen LogP contribution in [0.1, 0.15) is 18.9 Å². The summed E-state index contributed by atoms with van der Waals surface area (Å²) in [6, 6.07) is 4.33. The Morgan fingerprint density at radius 3 is 2.57 bits per heavy atom. The Morgan fingerprint density at radius 2 is 2.00 bits per heavy atom. The maximum atomic E-state index is 12.4. The first-order valence-electron chi connectivity index (χ1n) is 6.54. The molecule has 1 aromatic rings. The fourth-order valence-electron chi connectivity index (χ4n) is 2.13.